The van der Waals surface area contributed by atoms with Gasteiger partial charge in [0.15, 0.2) is 0 Å². The van der Waals surface area contributed by atoms with Gasteiger partial charge in [-0.2, -0.15) is 25.3 Å². The summed E-state index contributed by atoms with van der Waals surface area (Å²) in [4.78, 5) is 0. The Morgan fingerprint density at radius 1 is 0.632 bits per heavy atom. The maximum atomic E-state index is 4.69. The Bertz CT molecular complexity index is 155. The highest BCUT2D eigenvalue weighted by Gasteiger charge is 2.10. The number of thiol groups is 2. The fraction of sp³-hybridized carbons (Fsp3) is 1.00. The van der Waals surface area contributed by atoms with E-state index >= 15 is 0 Å². The van der Waals surface area contributed by atoms with Crippen molar-refractivity contribution < 1.29 is 0 Å². The molecule has 2 unspecified atom stereocenters. The van der Waals surface area contributed by atoms with E-state index in [0.29, 0.717) is 9.16 Å². The van der Waals surface area contributed by atoms with Crippen LogP contribution in [0.2, 0.25) is 0 Å². The molecule has 116 valence electrons. The second-order valence-corrected chi connectivity index (χ2v) is 8.81. The second kappa shape index (κ2) is 15.4. The van der Waals surface area contributed by atoms with E-state index in [1.165, 1.54) is 77.0 Å². The van der Waals surface area contributed by atoms with Crippen molar-refractivity contribution in [1.82, 2.24) is 0 Å². The molecular weight excluding hydrogens is 288 g/mol. The van der Waals surface area contributed by atoms with Crippen molar-refractivity contribution >= 4 is 37.0 Å². The minimum absolute atomic E-state index is 0.486. The molecule has 0 amide bonds. The van der Waals surface area contributed by atoms with Crippen LogP contribution in [-0.2, 0) is 0 Å². The Balaban J connectivity index is 3.34. The molecule has 0 aromatic carbocycles. The van der Waals surface area contributed by atoms with Gasteiger partial charge in [0.25, 0.3) is 0 Å². The Labute approximate surface area is 137 Å². The van der Waals surface area contributed by atoms with E-state index in [1.54, 1.807) is 0 Å². The maximum Gasteiger partial charge on any atom is 0.0483 e. The van der Waals surface area contributed by atoms with E-state index < -0.39 is 0 Å². The predicted octanol–water partition coefficient (Wildman–Crippen LogP) is 6.95. The zero-order valence-corrected chi connectivity index (χ0v) is 15.5. The van der Waals surface area contributed by atoms with Gasteiger partial charge in [-0.1, -0.05) is 78.1 Å². The number of thioether (sulfide) groups is 1. The molecule has 3 heteroatoms. The normalized spacial score (nSPS) is 14.5. The van der Waals surface area contributed by atoms with Crippen LogP contribution >= 0.6 is 37.0 Å². The molecular formula is C16H34S3. The van der Waals surface area contributed by atoms with Gasteiger partial charge in [0, 0.05) is 9.16 Å². The van der Waals surface area contributed by atoms with Crippen LogP contribution in [0.25, 0.3) is 0 Å². The summed E-state index contributed by atoms with van der Waals surface area (Å²) in [6.45, 7) is 4.53. The molecule has 0 aliphatic heterocycles. The van der Waals surface area contributed by atoms with Crippen molar-refractivity contribution in [2.45, 2.75) is 100 Å². The standard InChI is InChI=1S/C16H34S3/c1-3-5-7-9-11-13-15(17)19-16(18)14-12-10-8-6-4-2/h15-18H,3-14H2,1-2H3. The van der Waals surface area contributed by atoms with Crippen molar-refractivity contribution in [2.75, 3.05) is 0 Å². The molecule has 0 nitrogen and oxygen atoms in total. The molecule has 0 fully saturated rings. The smallest absolute Gasteiger partial charge is 0.0483 e. The second-order valence-electron chi connectivity index (χ2n) is 5.45. The van der Waals surface area contributed by atoms with Gasteiger partial charge >= 0.3 is 0 Å². The van der Waals surface area contributed by atoms with Crippen LogP contribution in [0.1, 0.15) is 90.9 Å². The lowest BCUT2D eigenvalue weighted by Crippen LogP contribution is -2.01. The highest BCUT2D eigenvalue weighted by Crippen LogP contribution is 2.30. The Morgan fingerprint density at radius 3 is 1.37 bits per heavy atom. The first-order valence-electron chi connectivity index (χ1n) is 8.22. The van der Waals surface area contributed by atoms with Gasteiger partial charge in [0.05, 0.1) is 0 Å². The lowest BCUT2D eigenvalue weighted by molar-refractivity contribution is 0.618. The fourth-order valence-electron chi connectivity index (χ4n) is 2.16. The third-order valence-corrected chi connectivity index (χ3v) is 5.77. The molecule has 0 aliphatic carbocycles. The first-order chi connectivity index (χ1) is 9.20. The highest BCUT2D eigenvalue weighted by molar-refractivity contribution is 8.16. The number of rotatable bonds is 14. The average Bonchev–Trinajstić information content (AvgIpc) is 2.38. The Morgan fingerprint density at radius 2 is 1.00 bits per heavy atom. The largest absolute Gasteiger partial charge is 0.165 e. The SMILES string of the molecule is CCCCCCCC(S)SC(S)CCCCCCC. The van der Waals surface area contributed by atoms with Gasteiger partial charge in [-0.25, -0.2) is 0 Å². The summed E-state index contributed by atoms with van der Waals surface area (Å²) >= 11 is 11.3. The Kier molecular flexibility index (Phi) is 16.3. The van der Waals surface area contributed by atoms with Crippen LogP contribution in [-0.4, -0.2) is 9.16 Å². The molecule has 19 heavy (non-hydrogen) atoms. The maximum absolute atomic E-state index is 4.69. The lowest BCUT2D eigenvalue weighted by Gasteiger charge is -2.15. The van der Waals surface area contributed by atoms with Crippen molar-refractivity contribution in [1.29, 1.82) is 0 Å². The monoisotopic (exact) mass is 322 g/mol. The van der Waals surface area contributed by atoms with Gasteiger partial charge in [-0.05, 0) is 12.8 Å². The van der Waals surface area contributed by atoms with Crippen molar-refractivity contribution in [3.63, 3.8) is 0 Å². The molecule has 0 N–H and O–H groups in total. The number of hydrogen-bond acceptors (Lipinski definition) is 3. The summed E-state index contributed by atoms with van der Waals surface area (Å²) < 4.78 is 0.972. The molecule has 0 radical (unpaired) electrons. The van der Waals surface area contributed by atoms with Gasteiger partial charge < -0.3 is 0 Å². The van der Waals surface area contributed by atoms with E-state index in [4.69, 9.17) is 0 Å². The van der Waals surface area contributed by atoms with Crippen LogP contribution in [0.5, 0.6) is 0 Å². The minimum Gasteiger partial charge on any atom is -0.165 e. The summed E-state index contributed by atoms with van der Waals surface area (Å²) in [5.41, 5.74) is 0. The number of hydrogen-bond donors (Lipinski definition) is 2. The third kappa shape index (κ3) is 15.3. The summed E-state index contributed by atoms with van der Waals surface area (Å²) in [6.07, 6.45) is 16.1. The van der Waals surface area contributed by atoms with Crippen molar-refractivity contribution in [3.8, 4) is 0 Å². The van der Waals surface area contributed by atoms with E-state index in [9.17, 15) is 0 Å². The fourth-order valence-corrected chi connectivity index (χ4v) is 4.67. The van der Waals surface area contributed by atoms with E-state index in [1.807, 2.05) is 11.8 Å². The molecule has 0 aliphatic rings. The quantitative estimate of drug-likeness (QED) is 0.198. The predicted molar refractivity (Wildman–Crippen MR) is 99.9 cm³/mol. The van der Waals surface area contributed by atoms with Gasteiger partial charge in [-0.3, -0.25) is 0 Å². The Hall–Kier alpha value is 1.05. The lowest BCUT2D eigenvalue weighted by atomic mass is 10.1. The summed E-state index contributed by atoms with van der Waals surface area (Å²) in [5.74, 6) is 0. The van der Waals surface area contributed by atoms with Crippen LogP contribution in [0.3, 0.4) is 0 Å². The molecule has 0 bridgehead atoms. The first kappa shape index (κ1) is 20.1. The topological polar surface area (TPSA) is 0 Å². The molecule has 0 saturated heterocycles. The van der Waals surface area contributed by atoms with Crippen molar-refractivity contribution in [2.24, 2.45) is 0 Å². The zero-order chi connectivity index (χ0) is 14.3. The van der Waals surface area contributed by atoms with Crippen LogP contribution < -0.4 is 0 Å². The third-order valence-electron chi connectivity index (χ3n) is 3.42. The molecule has 0 heterocycles. The van der Waals surface area contributed by atoms with Crippen LogP contribution in [0.4, 0.5) is 0 Å². The van der Waals surface area contributed by atoms with Gasteiger partial charge in [-0.15, -0.1) is 11.8 Å². The molecule has 0 aromatic rings. The highest BCUT2D eigenvalue weighted by atomic mass is 32.2. The van der Waals surface area contributed by atoms with E-state index in [2.05, 4.69) is 39.1 Å². The molecule has 0 spiro atoms. The van der Waals surface area contributed by atoms with E-state index in [-0.39, 0.29) is 0 Å². The van der Waals surface area contributed by atoms with Crippen molar-refractivity contribution in [3.05, 3.63) is 0 Å². The molecule has 0 aromatic heterocycles. The minimum atomic E-state index is 0.486. The number of unbranched alkanes of at least 4 members (excludes halogenated alkanes) is 8. The summed E-state index contributed by atoms with van der Waals surface area (Å²) in [5, 5.41) is 0. The molecule has 2 atom stereocenters. The van der Waals surface area contributed by atoms with Crippen LogP contribution in [0, 0.1) is 0 Å². The summed E-state index contributed by atoms with van der Waals surface area (Å²) in [7, 11) is 0. The first-order valence-corrected chi connectivity index (χ1v) is 10.2. The molecule has 0 rings (SSSR count). The van der Waals surface area contributed by atoms with Gasteiger partial charge in [0.2, 0.25) is 0 Å². The summed E-state index contributed by atoms with van der Waals surface area (Å²) in [6, 6.07) is 0. The zero-order valence-electron chi connectivity index (χ0n) is 12.9. The van der Waals surface area contributed by atoms with E-state index in [0.717, 1.165) is 0 Å². The molecule has 0 saturated carbocycles. The average molecular weight is 323 g/mol. The van der Waals surface area contributed by atoms with Crippen LogP contribution in [0.15, 0.2) is 0 Å². The van der Waals surface area contributed by atoms with Gasteiger partial charge in [0.1, 0.15) is 0 Å².